The van der Waals surface area contributed by atoms with Crippen molar-refractivity contribution in [3.05, 3.63) is 29.8 Å². The molecular weight excluding hydrogens is 254 g/mol. The van der Waals surface area contributed by atoms with Crippen LogP contribution in [0, 0.1) is 11.3 Å². The van der Waals surface area contributed by atoms with E-state index in [1.54, 1.807) is 31.4 Å². The quantitative estimate of drug-likeness (QED) is 0.834. The van der Waals surface area contributed by atoms with Crippen molar-refractivity contribution in [1.29, 1.82) is 5.26 Å². The number of ether oxygens (including phenoxy) is 1. The summed E-state index contributed by atoms with van der Waals surface area (Å²) < 4.78 is 5.08. The number of piperazine rings is 1. The number of methoxy groups -OCH3 is 1. The molecule has 5 heteroatoms. The zero-order valence-electron chi connectivity index (χ0n) is 11.9. The van der Waals surface area contributed by atoms with E-state index in [-0.39, 0.29) is 11.9 Å². The number of nitriles is 1. The van der Waals surface area contributed by atoms with Crippen molar-refractivity contribution in [3.8, 4) is 11.8 Å². The predicted molar refractivity (Wildman–Crippen MR) is 75.5 cm³/mol. The molecule has 0 spiro atoms. The second-order valence-electron chi connectivity index (χ2n) is 4.86. The zero-order valence-corrected chi connectivity index (χ0v) is 11.9. The van der Waals surface area contributed by atoms with Gasteiger partial charge in [0.05, 0.1) is 19.2 Å². The summed E-state index contributed by atoms with van der Waals surface area (Å²) in [5, 5.41) is 8.91. The predicted octanol–water partition coefficient (Wildman–Crippen LogP) is 1.37. The van der Waals surface area contributed by atoms with Crippen LogP contribution < -0.4 is 4.74 Å². The van der Waals surface area contributed by atoms with Crippen molar-refractivity contribution in [2.75, 3.05) is 33.3 Å². The van der Waals surface area contributed by atoms with Gasteiger partial charge in [-0.3, -0.25) is 9.69 Å². The summed E-state index contributed by atoms with van der Waals surface area (Å²) in [5.41, 5.74) is 0.674. The van der Waals surface area contributed by atoms with Gasteiger partial charge < -0.3 is 9.64 Å². The molecule has 1 saturated heterocycles. The fourth-order valence-electron chi connectivity index (χ4n) is 2.31. The van der Waals surface area contributed by atoms with Crippen LogP contribution in [0.3, 0.4) is 0 Å². The molecule has 0 bridgehead atoms. The molecule has 0 aliphatic carbocycles. The van der Waals surface area contributed by atoms with Crippen LogP contribution in [0.2, 0.25) is 0 Å². The van der Waals surface area contributed by atoms with Crippen LogP contribution in [0.4, 0.5) is 0 Å². The van der Waals surface area contributed by atoms with Crippen LogP contribution in [0.25, 0.3) is 0 Å². The standard InChI is InChI=1S/C15H19N3O2/c1-12(11-16)17-7-9-18(10-8-17)15(19)13-3-5-14(20-2)6-4-13/h3-6,12H,7-10H2,1-2H3. The molecule has 1 atom stereocenters. The third-order valence-corrected chi connectivity index (χ3v) is 3.67. The monoisotopic (exact) mass is 273 g/mol. The minimum atomic E-state index is -0.0896. The fraction of sp³-hybridized carbons (Fsp3) is 0.467. The number of carbonyl (C=O) groups is 1. The van der Waals surface area contributed by atoms with E-state index in [9.17, 15) is 4.79 Å². The highest BCUT2D eigenvalue weighted by molar-refractivity contribution is 5.94. The molecule has 2 rings (SSSR count). The van der Waals surface area contributed by atoms with E-state index < -0.39 is 0 Å². The van der Waals surface area contributed by atoms with Crippen molar-refractivity contribution < 1.29 is 9.53 Å². The minimum Gasteiger partial charge on any atom is -0.497 e. The van der Waals surface area contributed by atoms with Gasteiger partial charge in [-0.05, 0) is 31.2 Å². The van der Waals surface area contributed by atoms with Crippen molar-refractivity contribution in [2.24, 2.45) is 0 Å². The maximum Gasteiger partial charge on any atom is 0.253 e. The van der Waals surface area contributed by atoms with Crippen LogP contribution >= 0.6 is 0 Å². The first kappa shape index (κ1) is 14.4. The Labute approximate surface area is 119 Å². The number of nitrogens with zero attached hydrogens (tertiary/aromatic N) is 3. The Kier molecular flexibility index (Phi) is 4.59. The highest BCUT2D eigenvalue weighted by Crippen LogP contribution is 2.14. The molecule has 1 unspecified atom stereocenters. The molecule has 1 aliphatic heterocycles. The van der Waals surface area contributed by atoms with Crippen LogP contribution in [0.5, 0.6) is 5.75 Å². The fourth-order valence-corrected chi connectivity index (χ4v) is 2.31. The van der Waals surface area contributed by atoms with Gasteiger partial charge >= 0.3 is 0 Å². The van der Waals surface area contributed by atoms with Crippen LogP contribution in [-0.2, 0) is 0 Å². The van der Waals surface area contributed by atoms with Crippen molar-refractivity contribution in [1.82, 2.24) is 9.80 Å². The Morgan fingerprint density at radius 1 is 1.25 bits per heavy atom. The Morgan fingerprint density at radius 3 is 2.35 bits per heavy atom. The third-order valence-electron chi connectivity index (χ3n) is 3.67. The van der Waals surface area contributed by atoms with Gasteiger partial charge in [-0.2, -0.15) is 5.26 Å². The average molecular weight is 273 g/mol. The van der Waals surface area contributed by atoms with E-state index in [2.05, 4.69) is 11.0 Å². The average Bonchev–Trinajstić information content (AvgIpc) is 2.53. The molecule has 1 fully saturated rings. The third kappa shape index (κ3) is 3.09. The molecule has 20 heavy (non-hydrogen) atoms. The second kappa shape index (κ2) is 6.40. The van der Waals surface area contributed by atoms with E-state index >= 15 is 0 Å². The van der Waals surface area contributed by atoms with Gasteiger partial charge in [-0.25, -0.2) is 0 Å². The molecular formula is C15H19N3O2. The van der Waals surface area contributed by atoms with Crippen molar-refractivity contribution in [3.63, 3.8) is 0 Å². The highest BCUT2D eigenvalue weighted by atomic mass is 16.5. The summed E-state index contributed by atoms with van der Waals surface area (Å²) >= 11 is 0. The van der Waals surface area contributed by atoms with Gasteiger partial charge in [0.25, 0.3) is 5.91 Å². The summed E-state index contributed by atoms with van der Waals surface area (Å²) in [6.45, 7) is 4.71. The molecule has 1 aliphatic rings. The lowest BCUT2D eigenvalue weighted by molar-refractivity contribution is 0.0615. The van der Waals surface area contributed by atoms with E-state index in [0.717, 1.165) is 18.8 Å². The molecule has 1 aromatic carbocycles. The summed E-state index contributed by atoms with van der Waals surface area (Å²) in [6, 6.07) is 9.29. The van der Waals surface area contributed by atoms with Crippen molar-refractivity contribution >= 4 is 5.91 Å². The van der Waals surface area contributed by atoms with Crippen LogP contribution in [-0.4, -0.2) is 55.0 Å². The molecule has 1 amide bonds. The molecule has 0 radical (unpaired) electrons. The van der Waals surface area contributed by atoms with Gasteiger partial charge in [0.2, 0.25) is 0 Å². The minimum absolute atomic E-state index is 0.0388. The Bertz CT molecular complexity index is 499. The smallest absolute Gasteiger partial charge is 0.253 e. The number of benzene rings is 1. The van der Waals surface area contributed by atoms with E-state index in [0.29, 0.717) is 18.7 Å². The summed E-state index contributed by atoms with van der Waals surface area (Å²) in [7, 11) is 1.60. The molecule has 0 N–H and O–H groups in total. The molecule has 0 aromatic heterocycles. The number of amides is 1. The maximum atomic E-state index is 12.3. The number of carbonyl (C=O) groups excluding carboxylic acids is 1. The first-order valence-corrected chi connectivity index (χ1v) is 6.72. The highest BCUT2D eigenvalue weighted by Gasteiger charge is 2.24. The number of hydrogen-bond donors (Lipinski definition) is 0. The summed E-state index contributed by atoms with van der Waals surface area (Å²) in [4.78, 5) is 16.3. The van der Waals surface area contributed by atoms with Crippen LogP contribution in [0.15, 0.2) is 24.3 Å². The normalized spacial score (nSPS) is 17.4. The Hall–Kier alpha value is -2.06. The summed E-state index contributed by atoms with van der Waals surface area (Å²) in [6.07, 6.45) is 0. The van der Waals surface area contributed by atoms with Gasteiger partial charge in [-0.15, -0.1) is 0 Å². The van der Waals surface area contributed by atoms with Crippen LogP contribution in [0.1, 0.15) is 17.3 Å². The zero-order chi connectivity index (χ0) is 14.5. The topological polar surface area (TPSA) is 56.6 Å². The lowest BCUT2D eigenvalue weighted by Gasteiger charge is -2.35. The van der Waals surface area contributed by atoms with E-state index in [1.807, 2.05) is 11.8 Å². The number of rotatable bonds is 3. The first-order valence-electron chi connectivity index (χ1n) is 6.72. The lowest BCUT2D eigenvalue weighted by Crippen LogP contribution is -2.51. The molecule has 5 nitrogen and oxygen atoms in total. The first-order chi connectivity index (χ1) is 9.65. The molecule has 1 aromatic rings. The summed E-state index contributed by atoms with van der Waals surface area (Å²) in [5.74, 6) is 0.783. The van der Waals surface area contributed by atoms with Crippen molar-refractivity contribution in [2.45, 2.75) is 13.0 Å². The van der Waals surface area contributed by atoms with Gasteiger partial charge in [0.15, 0.2) is 0 Å². The Morgan fingerprint density at radius 2 is 1.85 bits per heavy atom. The lowest BCUT2D eigenvalue weighted by atomic mass is 10.1. The second-order valence-corrected chi connectivity index (χ2v) is 4.86. The van der Waals surface area contributed by atoms with Gasteiger partial charge in [-0.1, -0.05) is 0 Å². The largest absolute Gasteiger partial charge is 0.497 e. The number of hydrogen-bond acceptors (Lipinski definition) is 4. The Balaban J connectivity index is 1.96. The van der Waals surface area contributed by atoms with E-state index in [1.165, 1.54) is 0 Å². The molecule has 106 valence electrons. The molecule has 1 heterocycles. The van der Waals surface area contributed by atoms with E-state index in [4.69, 9.17) is 10.00 Å². The maximum absolute atomic E-state index is 12.3. The SMILES string of the molecule is COc1ccc(C(=O)N2CCN(C(C)C#N)CC2)cc1. The van der Waals surface area contributed by atoms with Gasteiger partial charge in [0.1, 0.15) is 5.75 Å². The molecule has 0 saturated carbocycles. The van der Waals surface area contributed by atoms with Gasteiger partial charge in [0, 0.05) is 31.7 Å².